The standard InChI is InChI=1S/C17H23N3O3/c1-18-6-8-19(9-7-18)17(22)13-10-16(21)20(12-13)14-4-3-5-15(11-14)23-2/h3-5,11,13H,6-10,12H2,1-2H3/p+1/t13-/m1/s1. The van der Waals surface area contributed by atoms with Gasteiger partial charge in [-0.1, -0.05) is 6.07 Å². The molecule has 2 saturated heterocycles. The Bertz CT molecular complexity index is 597. The van der Waals surface area contributed by atoms with Gasteiger partial charge in [-0.25, -0.2) is 0 Å². The van der Waals surface area contributed by atoms with Crippen LogP contribution in [-0.2, 0) is 9.59 Å². The van der Waals surface area contributed by atoms with Crippen LogP contribution < -0.4 is 14.5 Å². The summed E-state index contributed by atoms with van der Waals surface area (Å²) in [5.74, 6) is 0.617. The number of carbonyl (C=O) groups is 2. The second-order valence-electron chi connectivity index (χ2n) is 6.39. The van der Waals surface area contributed by atoms with E-state index >= 15 is 0 Å². The average molecular weight is 318 g/mol. The molecule has 6 heteroatoms. The number of amides is 2. The van der Waals surface area contributed by atoms with E-state index in [0.29, 0.717) is 18.7 Å². The molecule has 2 aliphatic rings. The maximum Gasteiger partial charge on any atom is 0.228 e. The number of piperazine rings is 1. The zero-order valence-corrected chi connectivity index (χ0v) is 13.7. The van der Waals surface area contributed by atoms with Gasteiger partial charge in [-0.2, -0.15) is 0 Å². The highest BCUT2D eigenvalue weighted by molar-refractivity contribution is 6.00. The summed E-state index contributed by atoms with van der Waals surface area (Å²) in [5.41, 5.74) is 0.799. The van der Waals surface area contributed by atoms with Crippen molar-refractivity contribution in [3.63, 3.8) is 0 Å². The zero-order valence-electron chi connectivity index (χ0n) is 13.7. The lowest BCUT2D eigenvalue weighted by Gasteiger charge is -2.31. The molecule has 2 aliphatic heterocycles. The minimum Gasteiger partial charge on any atom is -0.497 e. The number of nitrogens with one attached hydrogen (secondary N) is 1. The predicted octanol–water partition coefficient (Wildman–Crippen LogP) is -0.595. The smallest absolute Gasteiger partial charge is 0.228 e. The van der Waals surface area contributed by atoms with Crippen molar-refractivity contribution in [1.29, 1.82) is 0 Å². The number of quaternary nitrogens is 1. The molecule has 0 aliphatic carbocycles. The Morgan fingerprint density at radius 2 is 2.04 bits per heavy atom. The summed E-state index contributed by atoms with van der Waals surface area (Å²) in [4.78, 5) is 30.1. The summed E-state index contributed by atoms with van der Waals surface area (Å²) in [6.07, 6.45) is 0.301. The molecule has 0 aromatic heterocycles. The number of rotatable bonds is 3. The number of hydrogen-bond donors (Lipinski definition) is 1. The van der Waals surface area contributed by atoms with E-state index in [9.17, 15) is 9.59 Å². The minimum atomic E-state index is -0.230. The van der Waals surface area contributed by atoms with E-state index in [1.165, 1.54) is 4.90 Å². The van der Waals surface area contributed by atoms with Crippen molar-refractivity contribution in [3.05, 3.63) is 24.3 Å². The predicted molar refractivity (Wildman–Crippen MR) is 86.7 cm³/mol. The molecular formula is C17H24N3O3+. The normalized spacial score (nSPS) is 22.5. The monoisotopic (exact) mass is 318 g/mol. The zero-order chi connectivity index (χ0) is 16.4. The van der Waals surface area contributed by atoms with Gasteiger partial charge in [-0.15, -0.1) is 0 Å². The van der Waals surface area contributed by atoms with Crippen LogP contribution in [0.25, 0.3) is 0 Å². The van der Waals surface area contributed by atoms with Gasteiger partial charge in [-0.05, 0) is 12.1 Å². The van der Waals surface area contributed by atoms with Crippen molar-refractivity contribution in [1.82, 2.24) is 4.90 Å². The lowest BCUT2D eigenvalue weighted by Crippen LogP contribution is -3.12. The van der Waals surface area contributed by atoms with E-state index in [1.54, 1.807) is 12.0 Å². The number of ether oxygens (including phenoxy) is 1. The number of nitrogens with zero attached hydrogens (tertiary/aromatic N) is 2. The number of carbonyl (C=O) groups excluding carboxylic acids is 2. The third kappa shape index (κ3) is 3.32. The summed E-state index contributed by atoms with van der Waals surface area (Å²) in [7, 11) is 3.75. The Hall–Kier alpha value is -2.08. The van der Waals surface area contributed by atoms with Gasteiger partial charge in [0.05, 0.1) is 46.3 Å². The van der Waals surface area contributed by atoms with Gasteiger partial charge in [0.25, 0.3) is 0 Å². The Balaban J connectivity index is 1.68. The van der Waals surface area contributed by atoms with Gasteiger partial charge in [0.2, 0.25) is 11.8 Å². The second kappa shape index (κ2) is 6.58. The Morgan fingerprint density at radius 3 is 2.74 bits per heavy atom. The quantitative estimate of drug-likeness (QED) is 0.810. The summed E-state index contributed by atoms with van der Waals surface area (Å²) < 4.78 is 5.21. The number of hydrogen-bond acceptors (Lipinski definition) is 3. The molecule has 0 unspecified atom stereocenters. The molecule has 2 amide bonds. The summed E-state index contributed by atoms with van der Waals surface area (Å²) >= 11 is 0. The Kier molecular flexibility index (Phi) is 4.52. The lowest BCUT2D eigenvalue weighted by atomic mass is 10.1. The van der Waals surface area contributed by atoms with E-state index in [1.807, 2.05) is 29.2 Å². The second-order valence-corrected chi connectivity index (χ2v) is 6.39. The first kappa shape index (κ1) is 15.8. The van der Waals surface area contributed by atoms with Crippen molar-refractivity contribution in [2.24, 2.45) is 5.92 Å². The molecule has 124 valence electrons. The van der Waals surface area contributed by atoms with E-state index in [2.05, 4.69) is 7.05 Å². The number of likely N-dealkylation sites (N-methyl/N-ethyl adjacent to an activating group) is 1. The highest BCUT2D eigenvalue weighted by atomic mass is 16.5. The molecule has 0 spiro atoms. The summed E-state index contributed by atoms with van der Waals surface area (Å²) in [6, 6.07) is 7.43. The first-order valence-electron chi connectivity index (χ1n) is 8.13. The molecule has 1 aromatic rings. The van der Waals surface area contributed by atoms with Crippen LogP contribution in [0.5, 0.6) is 5.75 Å². The average Bonchev–Trinajstić information content (AvgIpc) is 2.97. The summed E-state index contributed by atoms with van der Waals surface area (Å²) in [5, 5.41) is 0. The third-order valence-corrected chi connectivity index (χ3v) is 4.77. The molecule has 23 heavy (non-hydrogen) atoms. The van der Waals surface area contributed by atoms with Crippen molar-refractivity contribution < 1.29 is 19.2 Å². The summed E-state index contributed by atoms with van der Waals surface area (Å²) in [6.45, 7) is 3.99. The van der Waals surface area contributed by atoms with Crippen LogP contribution in [0, 0.1) is 5.92 Å². The minimum absolute atomic E-state index is 0.0105. The van der Waals surface area contributed by atoms with Crippen LogP contribution in [0.15, 0.2) is 24.3 Å². The maximum atomic E-state index is 12.7. The fourth-order valence-corrected chi connectivity index (χ4v) is 3.27. The first-order valence-corrected chi connectivity index (χ1v) is 8.13. The van der Waals surface area contributed by atoms with Gasteiger partial charge in [0.15, 0.2) is 0 Å². The number of benzene rings is 1. The topological polar surface area (TPSA) is 54.3 Å². The van der Waals surface area contributed by atoms with Gasteiger partial charge in [-0.3, -0.25) is 9.59 Å². The van der Waals surface area contributed by atoms with Crippen LogP contribution in [-0.4, -0.2) is 63.6 Å². The van der Waals surface area contributed by atoms with Crippen LogP contribution in [0.3, 0.4) is 0 Å². The molecule has 1 N–H and O–H groups in total. The van der Waals surface area contributed by atoms with Crippen molar-refractivity contribution >= 4 is 17.5 Å². The Labute approximate surface area is 136 Å². The van der Waals surface area contributed by atoms with Gasteiger partial charge in [0.1, 0.15) is 5.75 Å². The van der Waals surface area contributed by atoms with Crippen molar-refractivity contribution in [2.45, 2.75) is 6.42 Å². The molecule has 2 fully saturated rings. The first-order chi connectivity index (χ1) is 11.1. The van der Waals surface area contributed by atoms with Crippen molar-refractivity contribution in [3.8, 4) is 5.75 Å². The molecule has 2 heterocycles. The number of anilines is 1. The maximum absolute atomic E-state index is 12.7. The van der Waals surface area contributed by atoms with E-state index < -0.39 is 0 Å². The SMILES string of the molecule is COc1cccc(N2C[C@H](C(=O)N3CC[NH+](C)CC3)CC2=O)c1. The van der Waals surface area contributed by atoms with E-state index in [-0.39, 0.29) is 17.7 Å². The van der Waals surface area contributed by atoms with Crippen LogP contribution >= 0.6 is 0 Å². The highest BCUT2D eigenvalue weighted by Gasteiger charge is 2.38. The molecule has 0 radical (unpaired) electrons. The molecule has 1 atom stereocenters. The Morgan fingerprint density at radius 1 is 1.30 bits per heavy atom. The van der Waals surface area contributed by atoms with Gasteiger partial charge >= 0.3 is 0 Å². The lowest BCUT2D eigenvalue weighted by molar-refractivity contribution is -0.883. The van der Waals surface area contributed by atoms with Crippen LogP contribution in [0.2, 0.25) is 0 Å². The fourth-order valence-electron chi connectivity index (χ4n) is 3.27. The van der Waals surface area contributed by atoms with E-state index in [0.717, 1.165) is 31.9 Å². The fraction of sp³-hybridized carbons (Fsp3) is 0.529. The van der Waals surface area contributed by atoms with Crippen LogP contribution in [0.4, 0.5) is 5.69 Å². The molecule has 6 nitrogen and oxygen atoms in total. The highest BCUT2D eigenvalue weighted by Crippen LogP contribution is 2.28. The van der Waals surface area contributed by atoms with Crippen molar-refractivity contribution in [2.75, 3.05) is 51.8 Å². The third-order valence-electron chi connectivity index (χ3n) is 4.77. The number of methoxy groups -OCH3 is 1. The molecule has 1 aromatic carbocycles. The molecule has 0 saturated carbocycles. The van der Waals surface area contributed by atoms with Gasteiger partial charge in [0, 0.05) is 24.7 Å². The van der Waals surface area contributed by atoms with E-state index in [4.69, 9.17) is 4.74 Å². The molecule has 3 rings (SSSR count). The molecule has 0 bridgehead atoms. The largest absolute Gasteiger partial charge is 0.497 e. The van der Waals surface area contributed by atoms with Crippen LogP contribution in [0.1, 0.15) is 6.42 Å². The molecular weight excluding hydrogens is 294 g/mol. The van der Waals surface area contributed by atoms with Gasteiger partial charge < -0.3 is 19.4 Å².